The lowest BCUT2D eigenvalue weighted by Crippen LogP contribution is -2.55. The summed E-state index contributed by atoms with van der Waals surface area (Å²) in [6.45, 7) is 8.25. The minimum absolute atomic E-state index is 0.0992. The summed E-state index contributed by atoms with van der Waals surface area (Å²) in [5, 5.41) is 8.75. The molecule has 7 heteroatoms. The van der Waals surface area contributed by atoms with Crippen LogP contribution >= 0.6 is 0 Å². The smallest absolute Gasteiger partial charge is 0.410 e. The first-order valence-electron chi connectivity index (χ1n) is 7.76. The molecule has 0 radical (unpaired) electrons. The maximum Gasteiger partial charge on any atom is 0.410 e. The zero-order chi connectivity index (χ0) is 18.1. The van der Waals surface area contributed by atoms with E-state index in [2.05, 4.69) is 0 Å². The lowest BCUT2D eigenvalue weighted by atomic mass is 10.1. The molecule has 0 bridgehead atoms. The van der Waals surface area contributed by atoms with E-state index in [1.807, 2.05) is 6.92 Å². The Kier molecular flexibility index (Phi) is 4.97. The zero-order valence-electron chi connectivity index (χ0n) is 14.3. The minimum atomic E-state index is -0.754. The van der Waals surface area contributed by atoms with E-state index in [-0.39, 0.29) is 17.3 Å². The van der Waals surface area contributed by atoms with Gasteiger partial charge in [0.25, 0.3) is 0 Å². The number of hydrogen-bond donors (Lipinski definition) is 0. The molecule has 0 spiro atoms. The summed E-state index contributed by atoms with van der Waals surface area (Å²) in [5.74, 6) is -1.40. The standard InChI is InChI=1S/C17H21F2N3O2/c1-11-10-21(5-6-22(11)16(23)24-17(2,3)4)15-8-13(18)12(9-20)7-14(15)19/h7-8,11H,5-6,10H2,1-4H3/t11-/m0/s1. The van der Waals surface area contributed by atoms with Crippen LogP contribution in [0.2, 0.25) is 0 Å². The summed E-state index contributed by atoms with van der Waals surface area (Å²) in [6, 6.07) is 3.33. The van der Waals surface area contributed by atoms with Crippen LogP contribution in [0.3, 0.4) is 0 Å². The van der Waals surface area contributed by atoms with Crippen molar-refractivity contribution in [1.29, 1.82) is 5.26 Å². The Bertz CT molecular complexity index is 680. The zero-order valence-corrected chi connectivity index (χ0v) is 14.3. The topological polar surface area (TPSA) is 56.6 Å². The molecule has 1 saturated heterocycles. The monoisotopic (exact) mass is 337 g/mol. The fraction of sp³-hybridized carbons (Fsp3) is 0.529. The second kappa shape index (κ2) is 6.63. The van der Waals surface area contributed by atoms with E-state index in [1.165, 1.54) is 0 Å². The van der Waals surface area contributed by atoms with Crippen LogP contribution in [0.15, 0.2) is 12.1 Å². The molecular weight excluding hydrogens is 316 g/mol. The molecule has 130 valence electrons. The van der Waals surface area contributed by atoms with E-state index in [1.54, 1.807) is 36.6 Å². The van der Waals surface area contributed by atoms with E-state index >= 15 is 0 Å². The molecule has 0 aromatic heterocycles. The van der Waals surface area contributed by atoms with Gasteiger partial charge in [-0.25, -0.2) is 13.6 Å². The fourth-order valence-corrected chi connectivity index (χ4v) is 2.63. The Morgan fingerprint density at radius 3 is 2.50 bits per heavy atom. The van der Waals surface area contributed by atoms with Gasteiger partial charge in [-0.1, -0.05) is 0 Å². The molecule has 24 heavy (non-hydrogen) atoms. The second-order valence-corrected chi connectivity index (χ2v) is 6.86. The van der Waals surface area contributed by atoms with Crippen LogP contribution in [-0.2, 0) is 4.74 Å². The predicted molar refractivity (Wildman–Crippen MR) is 85.7 cm³/mol. The number of ether oxygens (including phenoxy) is 1. The van der Waals surface area contributed by atoms with Crippen LogP contribution in [0.25, 0.3) is 0 Å². The van der Waals surface area contributed by atoms with Crippen molar-refractivity contribution in [2.24, 2.45) is 0 Å². The van der Waals surface area contributed by atoms with Gasteiger partial charge in [0.15, 0.2) is 0 Å². The van der Waals surface area contributed by atoms with Crippen molar-refractivity contribution in [1.82, 2.24) is 4.90 Å². The van der Waals surface area contributed by atoms with E-state index in [9.17, 15) is 13.6 Å². The second-order valence-electron chi connectivity index (χ2n) is 6.86. The van der Waals surface area contributed by atoms with Crippen LogP contribution in [0, 0.1) is 23.0 Å². The number of amides is 1. The van der Waals surface area contributed by atoms with Crippen molar-refractivity contribution in [3.05, 3.63) is 29.3 Å². The quantitative estimate of drug-likeness (QED) is 0.789. The molecule has 1 atom stereocenters. The maximum atomic E-state index is 14.1. The van der Waals surface area contributed by atoms with Crippen molar-refractivity contribution < 1.29 is 18.3 Å². The largest absolute Gasteiger partial charge is 0.444 e. The lowest BCUT2D eigenvalue weighted by Gasteiger charge is -2.41. The fourth-order valence-electron chi connectivity index (χ4n) is 2.63. The van der Waals surface area contributed by atoms with E-state index < -0.39 is 23.3 Å². The molecular formula is C17H21F2N3O2. The SMILES string of the molecule is C[C@H]1CN(c2cc(F)c(C#N)cc2F)CCN1C(=O)OC(C)(C)C. The Hall–Kier alpha value is -2.36. The van der Waals surface area contributed by atoms with Crippen LogP contribution < -0.4 is 4.90 Å². The molecule has 5 nitrogen and oxygen atoms in total. The highest BCUT2D eigenvalue weighted by Crippen LogP contribution is 2.26. The first-order valence-corrected chi connectivity index (χ1v) is 7.76. The van der Waals surface area contributed by atoms with Crippen LogP contribution in [0.5, 0.6) is 0 Å². The Balaban J connectivity index is 2.13. The van der Waals surface area contributed by atoms with E-state index in [4.69, 9.17) is 10.00 Å². The number of hydrogen-bond acceptors (Lipinski definition) is 4. The molecule has 1 amide bonds. The van der Waals surface area contributed by atoms with Gasteiger partial charge in [0, 0.05) is 31.7 Å². The molecule has 0 aliphatic carbocycles. The summed E-state index contributed by atoms with van der Waals surface area (Å²) in [5.41, 5.74) is -0.810. The van der Waals surface area contributed by atoms with Gasteiger partial charge < -0.3 is 14.5 Å². The third-order valence-corrected chi connectivity index (χ3v) is 3.75. The average molecular weight is 337 g/mol. The normalized spacial score (nSPS) is 18.3. The van der Waals surface area contributed by atoms with Crippen molar-refractivity contribution in [2.75, 3.05) is 24.5 Å². The third kappa shape index (κ3) is 3.94. The first-order chi connectivity index (χ1) is 11.1. The van der Waals surface area contributed by atoms with Crippen molar-refractivity contribution in [3.63, 3.8) is 0 Å². The third-order valence-electron chi connectivity index (χ3n) is 3.75. The number of rotatable bonds is 1. The van der Waals surface area contributed by atoms with Crippen LogP contribution in [0.4, 0.5) is 19.3 Å². The van der Waals surface area contributed by atoms with Crippen LogP contribution in [-0.4, -0.2) is 42.3 Å². The highest BCUT2D eigenvalue weighted by Gasteiger charge is 2.32. The number of anilines is 1. The Morgan fingerprint density at radius 1 is 1.29 bits per heavy atom. The molecule has 0 N–H and O–H groups in total. The average Bonchev–Trinajstić information content (AvgIpc) is 2.47. The number of carbonyl (C=O) groups excluding carboxylic acids is 1. The molecule has 2 rings (SSSR count). The Morgan fingerprint density at radius 2 is 1.96 bits per heavy atom. The van der Waals surface area contributed by atoms with Gasteiger partial charge in [0.1, 0.15) is 23.3 Å². The van der Waals surface area contributed by atoms with Gasteiger partial charge in [-0.2, -0.15) is 5.26 Å². The number of halogens is 2. The molecule has 1 aromatic rings. The first kappa shape index (κ1) is 18.0. The highest BCUT2D eigenvalue weighted by molar-refractivity contribution is 5.69. The summed E-state index contributed by atoms with van der Waals surface area (Å²) >= 11 is 0. The number of nitrogens with zero attached hydrogens (tertiary/aromatic N) is 3. The van der Waals surface area contributed by atoms with Gasteiger partial charge >= 0.3 is 6.09 Å². The molecule has 1 heterocycles. The number of piperazine rings is 1. The van der Waals surface area contributed by atoms with Gasteiger partial charge in [0.2, 0.25) is 0 Å². The van der Waals surface area contributed by atoms with Gasteiger partial charge in [-0.05, 0) is 33.8 Å². The summed E-state index contributed by atoms with van der Waals surface area (Å²) in [6.07, 6.45) is -0.416. The molecule has 0 saturated carbocycles. The Labute approximate surface area is 140 Å². The summed E-state index contributed by atoms with van der Waals surface area (Å²) < 4.78 is 33.3. The molecule has 1 aliphatic rings. The number of benzene rings is 1. The number of carbonyl (C=O) groups is 1. The highest BCUT2D eigenvalue weighted by atomic mass is 19.1. The van der Waals surface area contributed by atoms with Crippen molar-refractivity contribution in [3.8, 4) is 6.07 Å². The van der Waals surface area contributed by atoms with Gasteiger partial charge in [-0.15, -0.1) is 0 Å². The van der Waals surface area contributed by atoms with Crippen molar-refractivity contribution in [2.45, 2.75) is 39.3 Å². The van der Waals surface area contributed by atoms with E-state index in [0.29, 0.717) is 19.6 Å². The molecule has 1 aliphatic heterocycles. The van der Waals surface area contributed by atoms with Crippen LogP contribution in [0.1, 0.15) is 33.3 Å². The van der Waals surface area contributed by atoms with Gasteiger partial charge in [0.05, 0.1) is 11.3 Å². The lowest BCUT2D eigenvalue weighted by molar-refractivity contribution is 0.0159. The number of nitriles is 1. The minimum Gasteiger partial charge on any atom is -0.444 e. The molecule has 0 unspecified atom stereocenters. The summed E-state index contributed by atoms with van der Waals surface area (Å²) in [4.78, 5) is 15.4. The predicted octanol–water partition coefficient (Wildman–Crippen LogP) is 3.28. The molecule has 1 fully saturated rings. The van der Waals surface area contributed by atoms with E-state index in [0.717, 1.165) is 12.1 Å². The molecule has 1 aromatic carbocycles. The maximum absolute atomic E-state index is 14.1. The van der Waals surface area contributed by atoms with Gasteiger partial charge in [-0.3, -0.25) is 0 Å². The summed E-state index contributed by atoms with van der Waals surface area (Å²) in [7, 11) is 0. The van der Waals surface area contributed by atoms with Crippen molar-refractivity contribution >= 4 is 11.8 Å².